The van der Waals surface area contributed by atoms with E-state index in [-0.39, 0.29) is 41.2 Å². The molecule has 2 saturated heterocycles. The summed E-state index contributed by atoms with van der Waals surface area (Å²) in [6.07, 6.45) is 4.84. The fourth-order valence-corrected chi connectivity index (χ4v) is 5.99. The summed E-state index contributed by atoms with van der Waals surface area (Å²) in [6.45, 7) is 0. The molecule has 0 radical (unpaired) electrons. The predicted molar refractivity (Wildman–Crippen MR) is 126 cm³/mol. The summed E-state index contributed by atoms with van der Waals surface area (Å²) < 4.78 is 5.26. The predicted octanol–water partition coefficient (Wildman–Crippen LogP) is 1.86. The van der Waals surface area contributed by atoms with Crippen LogP contribution in [0.1, 0.15) is 43.8 Å². The van der Waals surface area contributed by atoms with Crippen molar-refractivity contribution >= 4 is 29.6 Å². The van der Waals surface area contributed by atoms with Crippen LogP contribution in [0.3, 0.4) is 0 Å². The van der Waals surface area contributed by atoms with Gasteiger partial charge in [-0.2, -0.15) is 0 Å². The number of imide groups is 1. The molecule has 1 aromatic carbocycles. The Morgan fingerprint density at radius 3 is 2.48 bits per heavy atom. The van der Waals surface area contributed by atoms with Crippen LogP contribution in [0.25, 0.3) is 0 Å². The summed E-state index contributed by atoms with van der Waals surface area (Å²) in [7, 11) is 4.82. The maximum absolute atomic E-state index is 13.1. The van der Waals surface area contributed by atoms with Gasteiger partial charge in [-0.1, -0.05) is 31.4 Å². The molecule has 180 valence electrons. The summed E-state index contributed by atoms with van der Waals surface area (Å²) >= 11 is 1.42. The Morgan fingerprint density at radius 1 is 1.12 bits per heavy atom. The number of benzene rings is 1. The fourth-order valence-electron chi connectivity index (χ4n) is 4.87. The van der Waals surface area contributed by atoms with Crippen LogP contribution in [0.2, 0.25) is 0 Å². The van der Waals surface area contributed by atoms with E-state index in [4.69, 9.17) is 4.74 Å². The molecule has 1 saturated carbocycles. The zero-order chi connectivity index (χ0) is 23.5. The molecule has 3 N–H and O–H groups in total. The Balaban J connectivity index is 1.50. The lowest BCUT2D eigenvalue weighted by Crippen LogP contribution is -2.72. The first-order valence-electron chi connectivity index (χ1n) is 11.5. The van der Waals surface area contributed by atoms with Crippen molar-refractivity contribution in [1.82, 2.24) is 25.8 Å². The van der Waals surface area contributed by atoms with Crippen molar-refractivity contribution < 1.29 is 19.1 Å². The SMILES string of the molecule is COc1ccc(C2NC(SCC(=O)NC3CCCCC3)C3C(=O)N(C)C(=O)N(C)C3N2)cc1. The van der Waals surface area contributed by atoms with E-state index in [0.29, 0.717) is 0 Å². The topological polar surface area (TPSA) is 103 Å². The average Bonchev–Trinajstić information content (AvgIpc) is 2.85. The van der Waals surface area contributed by atoms with E-state index < -0.39 is 12.1 Å². The number of hydrogen-bond donors (Lipinski definition) is 3. The highest BCUT2D eigenvalue weighted by molar-refractivity contribution is 8.00. The van der Waals surface area contributed by atoms with Crippen molar-refractivity contribution in [2.24, 2.45) is 5.92 Å². The lowest BCUT2D eigenvalue weighted by Gasteiger charge is -2.50. The number of nitrogens with zero attached hydrogens (tertiary/aromatic N) is 2. The van der Waals surface area contributed by atoms with Crippen LogP contribution in [-0.2, 0) is 9.59 Å². The second kappa shape index (κ2) is 10.3. The summed E-state index contributed by atoms with van der Waals surface area (Å²) in [4.78, 5) is 41.1. The number of hydrogen-bond acceptors (Lipinski definition) is 7. The van der Waals surface area contributed by atoms with Crippen LogP contribution >= 0.6 is 11.8 Å². The molecule has 4 unspecified atom stereocenters. The Labute approximate surface area is 199 Å². The van der Waals surface area contributed by atoms with Crippen LogP contribution in [-0.4, -0.2) is 72.2 Å². The Hall–Kier alpha value is -2.30. The molecule has 2 heterocycles. The van der Waals surface area contributed by atoms with E-state index in [1.54, 1.807) is 19.1 Å². The molecule has 1 aliphatic carbocycles. The first-order valence-corrected chi connectivity index (χ1v) is 12.6. The highest BCUT2D eigenvalue weighted by Gasteiger charge is 2.51. The minimum atomic E-state index is -0.514. The molecule has 0 bridgehead atoms. The highest BCUT2D eigenvalue weighted by atomic mass is 32.2. The van der Waals surface area contributed by atoms with Gasteiger partial charge in [0.05, 0.1) is 36.5 Å². The zero-order valence-electron chi connectivity index (χ0n) is 19.4. The maximum Gasteiger partial charge on any atom is 0.327 e. The van der Waals surface area contributed by atoms with Gasteiger partial charge < -0.3 is 15.0 Å². The van der Waals surface area contributed by atoms with Gasteiger partial charge in [0.15, 0.2) is 0 Å². The van der Waals surface area contributed by atoms with Gasteiger partial charge in [0.25, 0.3) is 0 Å². The lowest BCUT2D eigenvalue weighted by molar-refractivity contribution is -0.140. The van der Waals surface area contributed by atoms with Crippen molar-refractivity contribution in [2.45, 2.75) is 55.9 Å². The number of nitrogens with one attached hydrogen (secondary N) is 3. The van der Waals surface area contributed by atoms with E-state index in [2.05, 4.69) is 16.0 Å². The number of methoxy groups -OCH3 is 1. The van der Waals surface area contributed by atoms with E-state index in [1.807, 2.05) is 24.3 Å². The van der Waals surface area contributed by atoms with Crippen LogP contribution in [0, 0.1) is 5.92 Å². The second-order valence-electron chi connectivity index (χ2n) is 8.93. The fraction of sp³-hybridized carbons (Fsp3) is 0.609. The van der Waals surface area contributed by atoms with Gasteiger partial charge in [-0.05, 0) is 30.5 Å². The number of amides is 4. The van der Waals surface area contributed by atoms with Gasteiger partial charge in [0.1, 0.15) is 5.75 Å². The van der Waals surface area contributed by atoms with Crippen molar-refractivity contribution in [2.75, 3.05) is 27.0 Å². The molecule has 0 spiro atoms. The van der Waals surface area contributed by atoms with E-state index in [0.717, 1.165) is 41.9 Å². The van der Waals surface area contributed by atoms with E-state index >= 15 is 0 Å². The highest BCUT2D eigenvalue weighted by Crippen LogP contribution is 2.34. The standard InChI is InChI=1S/C23H33N5O4S/c1-27-20-18(22(30)28(2)23(27)31)21(33-13-17(29)24-15-7-5-4-6-8-15)26-19(25-20)14-9-11-16(32-3)12-10-14/h9-12,15,18-21,25-26H,4-8,13H2,1-3H3,(H,24,29). The van der Waals surface area contributed by atoms with Gasteiger partial charge in [-0.3, -0.25) is 25.1 Å². The number of carbonyl (C=O) groups excluding carboxylic acids is 3. The zero-order valence-corrected chi connectivity index (χ0v) is 20.2. The molecule has 2 aliphatic heterocycles. The lowest BCUT2D eigenvalue weighted by atomic mass is 9.95. The smallest absolute Gasteiger partial charge is 0.327 e. The number of ether oxygens (including phenoxy) is 1. The van der Waals surface area contributed by atoms with E-state index in [9.17, 15) is 14.4 Å². The van der Waals surface area contributed by atoms with Gasteiger partial charge in [0, 0.05) is 20.1 Å². The molecule has 4 rings (SSSR count). The number of carbonyl (C=O) groups is 3. The van der Waals surface area contributed by atoms with Crippen molar-refractivity contribution in [1.29, 1.82) is 0 Å². The Bertz CT molecular complexity index is 876. The van der Waals surface area contributed by atoms with Crippen molar-refractivity contribution in [3.05, 3.63) is 29.8 Å². The van der Waals surface area contributed by atoms with Gasteiger partial charge in [-0.25, -0.2) is 4.79 Å². The minimum Gasteiger partial charge on any atom is -0.497 e. The molecule has 4 atom stereocenters. The van der Waals surface area contributed by atoms with Crippen LogP contribution in [0.5, 0.6) is 5.75 Å². The molecule has 1 aromatic rings. The first-order chi connectivity index (χ1) is 15.9. The number of fused-ring (bicyclic) bond motifs is 1. The molecular weight excluding hydrogens is 442 g/mol. The first kappa shape index (κ1) is 23.8. The Morgan fingerprint density at radius 2 is 1.82 bits per heavy atom. The average molecular weight is 476 g/mol. The summed E-state index contributed by atoms with van der Waals surface area (Å²) in [5.41, 5.74) is 0.957. The van der Waals surface area contributed by atoms with Crippen molar-refractivity contribution in [3.63, 3.8) is 0 Å². The second-order valence-corrected chi connectivity index (χ2v) is 10.1. The number of thioether (sulfide) groups is 1. The normalized spacial score (nSPS) is 28.5. The Kier molecular flexibility index (Phi) is 7.45. The molecule has 4 amide bonds. The van der Waals surface area contributed by atoms with Crippen molar-refractivity contribution in [3.8, 4) is 5.75 Å². The third-order valence-corrected chi connectivity index (χ3v) is 7.99. The van der Waals surface area contributed by atoms with Crippen LogP contribution < -0.4 is 20.7 Å². The maximum atomic E-state index is 13.1. The molecule has 10 heteroatoms. The molecule has 3 aliphatic rings. The van der Waals surface area contributed by atoms with Gasteiger partial charge in [0.2, 0.25) is 11.8 Å². The molecular formula is C23H33N5O4S. The quantitative estimate of drug-likeness (QED) is 0.577. The number of rotatable bonds is 6. The number of urea groups is 1. The summed E-state index contributed by atoms with van der Waals surface area (Å²) in [5.74, 6) is 0.230. The van der Waals surface area contributed by atoms with Gasteiger partial charge >= 0.3 is 6.03 Å². The van der Waals surface area contributed by atoms with Crippen LogP contribution in [0.15, 0.2) is 24.3 Å². The van der Waals surface area contributed by atoms with Gasteiger partial charge in [-0.15, -0.1) is 11.8 Å². The monoisotopic (exact) mass is 475 g/mol. The molecule has 0 aromatic heterocycles. The van der Waals surface area contributed by atoms with E-state index in [1.165, 1.54) is 25.2 Å². The minimum absolute atomic E-state index is 0.00850. The third kappa shape index (κ3) is 5.12. The van der Waals surface area contributed by atoms with Crippen LogP contribution in [0.4, 0.5) is 4.79 Å². The molecule has 33 heavy (non-hydrogen) atoms. The summed E-state index contributed by atoms with van der Waals surface area (Å²) in [5, 5.41) is 9.72. The largest absolute Gasteiger partial charge is 0.497 e. The molecule has 9 nitrogen and oxygen atoms in total. The summed E-state index contributed by atoms with van der Waals surface area (Å²) in [6, 6.07) is 7.54. The third-order valence-electron chi connectivity index (χ3n) is 6.77. The molecule has 3 fully saturated rings.